The zero-order valence-electron chi connectivity index (χ0n) is 10.7. The van der Waals surface area contributed by atoms with Crippen molar-refractivity contribution in [2.75, 3.05) is 5.73 Å². The molecular formula is C15H10F3N3. The van der Waals surface area contributed by atoms with Gasteiger partial charge in [-0.05, 0) is 24.3 Å². The third-order valence-corrected chi connectivity index (χ3v) is 3.00. The van der Waals surface area contributed by atoms with Gasteiger partial charge in [0.1, 0.15) is 23.1 Å². The van der Waals surface area contributed by atoms with Crippen molar-refractivity contribution < 1.29 is 13.2 Å². The van der Waals surface area contributed by atoms with Gasteiger partial charge in [0.25, 0.3) is 0 Å². The summed E-state index contributed by atoms with van der Waals surface area (Å²) in [5, 5.41) is 4.14. The molecule has 6 heteroatoms. The first-order chi connectivity index (χ1) is 10.0. The van der Waals surface area contributed by atoms with Crippen LogP contribution in [-0.4, -0.2) is 9.78 Å². The topological polar surface area (TPSA) is 43.8 Å². The fourth-order valence-electron chi connectivity index (χ4n) is 2.03. The van der Waals surface area contributed by atoms with Crippen molar-refractivity contribution in [3.05, 3.63) is 66.0 Å². The minimum Gasteiger partial charge on any atom is -0.384 e. The highest BCUT2D eigenvalue weighted by Gasteiger charge is 2.13. The molecule has 0 aliphatic heterocycles. The van der Waals surface area contributed by atoms with Crippen LogP contribution in [0, 0.1) is 17.5 Å². The van der Waals surface area contributed by atoms with Gasteiger partial charge >= 0.3 is 0 Å². The van der Waals surface area contributed by atoms with Gasteiger partial charge in [-0.1, -0.05) is 12.1 Å². The third-order valence-electron chi connectivity index (χ3n) is 3.00. The Morgan fingerprint density at radius 1 is 0.905 bits per heavy atom. The largest absolute Gasteiger partial charge is 0.384 e. The van der Waals surface area contributed by atoms with Gasteiger partial charge < -0.3 is 5.73 Å². The maximum Gasteiger partial charge on any atom is 0.151 e. The molecule has 2 aromatic carbocycles. The minimum absolute atomic E-state index is 0.0246. The van der Waals surface area contributed by atoms with Crippen LogP contribution in [-0.2, 0) is 0 Å². The van der Waals surface area contributed by atoms with Crippen molar-refractivity contribution in [2.24, 2.45) is 0 Å². The molecule has 106 valence electrons. The molecule has 3 nitrogen and oxygen atoms in total. The normalized spacial score (nSPS) is 10.8. The summed E-state index contributed by atoms with van der Waals surface area (Å²) in [4.78, 5) is 0. The quantitative estimate of drug-likeness (QED) is 0.784. The van der Waals surface area contributed by atoms with E-state index in [4.69, 9.17) is 5.73 Å². The number of rotatable bonds is 2. The van der Waals surface area contributed by atoms with Crippen LogP contribution in [0.5, 0.6) is 0 Å². The first kappa shape index (κ1) is 13.2. The molecule has 0 bridgehead atoms. The summed E-state index contributed by atoms with van der Waals surface area (Å²) in [6.45, 7) is 0. The summed E-state index contributed by atoms with van der Waals surface area (Å²) in [7, 11) is 0. The van der Waals surface area contributed by atoms with E-state index in [1.54, 1.807) is 12.1 Å². The average molecular weight is 289 g/mol. The molecule has 0 fully saturated rings. The molecule has 0 saturated heterocycles. The Kier molecular flexibility index (Phi) is 3.13. The predicted molar refractivity (Wildman–Crippen MR) is 73.3 cm³/mol. The van der Waals surface area contributed by atoms with Crippen LogP contribution in [0.4, 0.5) is 19.0 Å². The van der Waals surface area contributed by atoms with E-state index in [-0.39, 0.29) is 11.5 Å². The summed E-state index contributed by atoms with van der Waals surface area (Å²) in [6.07, 6.45) is 0. The van der Waals surface area contributed by atoms with Crippen LogP contribution in [0.3, 0.4) is 0 Å². The number of anilines is 1. The molecule has 21 heavy (non-hydrogen) atoms. The molecule has 0 saturated carbocycles. The molecule has 1 aromatic heterocycles. The van der Waals surface area contributed by atoms with Crippen LogP contribution < -0.4 is 5.73 Å². The second-order valence-corrected chi connectivity index (χ2v) is 4.47. The number of nitrogen functional groups attached to an aromatic ring is 1. The fraction of sp³-hybridized carbons (Fsp3) is 0. The molecule has 0 amide bonds. The Hall–Kier alpha value is -2.76. The van der Waals surface area contributed by atoms with Crippen LogP contribution >= 0.6 is 0 Å². The van der Waals surface area contributed by atoms with E-state index in [0.717, 1.165) is 16.8 Å². The van der Waals surface area contributed by atoms with Gasteiger partial charge in [-0.15, -0.1) is 0 Å². The van der Waals surface area contributed by atoms with E-state index in [0.29, 0.717) is 11.3 Å². The first-order valence-electron chi connectivity index (χ1n) is 6.11. The van der Waals surface area contributed by atoms with Crippen molar-refractivity contribution >= 4 is 5.82 Å². The molecule has 2 N–H and O–H groups in total. The fourth-order valence-corrected chi connectivity index (χ4v) is 2.03. The van der Waals surface area contributed by atoms with Gasteiger partial charge in [0.15, 0.2) is 5.82 Å². The average Bonchev–Trinajstić information content (AvgIpc) is 2.81. The van der Waals surface area contributed by atoms with E-state index >= 15 is 0 Å². The number of hydrogen-bond donors (Lipinski definition) is 1. The van der Waals surface area contributed by atoms with Gasteiger partial charge in [0.05, 0.1) is 5.69 Å². The highest BCUT2D eigenvalue weighted by atomic mass is 19.1. The second kappa shape index (κ2) is 4.97. The molecule has 0 unspecified atom stereocenters. The van der Waals surface area contributed by atoms with Crippen molar-refractivity contribution in [3.8, 4) is 16.9 Å². The standard InChI is InChI=1S/C15H10F3N3/c16-10-3-1-2-9(6-10)13-8-15(19)21(20-13)14-5-4-11(17)7-12(14)18/h1-8H,19H2. The van der Waals surface area contributed by atoms with Crippen LogP contribution in [0.1, 0.15) is 0 Å². The Bertz CT molecular complexity index is 812. The van der Waals surface area contributed by atoms with Crippen LogP contribution in [0.2, 0.25) is 0 Å². The summed E-state index contributed by atoms with van der Waals surface area (Å²) >= 11 is 0. The van der Waals surface area contributed by atoms with Crippen LogP contribution in [0.25, 0.3) is 16.9 Å². The molecule has 0 spiro atoms. The Morgan fingerprint density at radius 3 is 2.38 bits per heavy atom. The molecule has 0 radical (unpaired) electrons. The zero-order chi connectivity index (χ0) is 15.0. The lowest BCUT2D eigenvalue weighted by Gasteiger charge is -2.05. The van der Waals surface area contributed by atoms with E-state index in [2.05, 4.69) is 5.10 Å². The summed E-state index contributed by atoms with van der Waals surface area (Å²) in [6, 6.07) is 10.4. The monoisotopic (exact) mass is 289 g/mol. The predicted octanol–water partition coefficient (Wildman–Crippen LogP) is 3.54. The number of nitrogens with two attached hydrogens (primary N) is 1. The molecule has 0 aliphatic carbocycles. The van der Waals surface area contributed by atoms with Crippen molar-refractivity contribution in [3.63, 3.8) is 0 Å². The lowest BCUT2D eigenvalue weighted by atomic mass is 10.1. The smallest absolute Gasteiger partial charge is 0.151 e. The number of nitrogens with zero attached hydrogens (tertiary/aromatic N) is 2. The maximum absolute atomic E-state index is 13.8. The van der Waals surface area contributed by atoms with Gasteiger partial charge in [-0.25, -0.2) is 17.9 Å². The second-order valence-electron chi connectivity index (χ2n) is 4.47. The summed E-state index contributed by atoms with van der Waals surface area (Å²) < 4.78 is 41.1. The molecule has 0 aliphatic rings. The minimum atomic E-state index is -0.782. The number of benzene rings is 2. The first-order valence-corrected chi connectivity index (χ1v) is 6.11. The number of aromatic nitrogens is 2. The van der Waals surface area contributed by atoms with Gasteiger partial charge in [0, 0.05) is 17.7 Å². The summed E-state index contributed by atoms with van der Waals surface area (Å²) in [5.41, 5.74) is 6.74. The third kappa shape index (κ3) is 2.47. The van der Waals surface area contributed by atoms with Gasteiger partial charge in [-0.3, -0.25) is 0 Å². The maximum atomic E-state index is 13.8. The Morgan fingerprint density at radius 2 is 1.67 bits per heavy atom. The van der Waals surface area contributed by atoms with Gasteiger partial charge in [0.2, 0.25) is 0 Å². The van der Waals surface area contributed by atoms with Gasteiger partial charge in [-0.2, -0.15) is 5.10 Å². The highest BCUT2D eigenvalue weighted by molar-refractivity contribution is 5.63. The van der Waals surface area contributed by atoms with Crippen molar-refractivity contribution in [1.82, 2.24) is 9.78 Å². The highest BCUT2D eigenvalue weighted by Crippen LogP contribution is 2.24. The number of hydrogen-bond acceptors (Lipinski definition) is 2. The van der Waals surface area contributed by atoms with Crippen LogP contribution in [0.15, 0.2) is 48.5 Å². The van der Waals surface area contributed by atoms with E-state index in [1.807, 2.05) is 0 Å². The van der Waals surface area contributed by atoms with E-state index in [1.165, 1.54) is 24.3 Å². The van der Waals surface area contributed by atoms with Crippen molar-refractivity contribution in [1.29, 1.82) is 0 Å². The molecule has 3 aromatic rings. The lowest BCUT2D eigenvalue weighted by Crippen LogP contribution is -2.04. The Balaban J connectivity index is 2.10. The molecular weight excluding hydrogens is 279 g/mol. The molecule has 1 heterocycles. The molecule has 0 atom stereocenters. The summed E-state index contributed by atoms with van der Waals surface area (Å²) in [5.74, 6) is -1.71. The lowest BCUT2D eigenvalue weighted by molar-refractivity contribution is 0.574. The Labute approximate surface area is 118 Å². The van der Waals surface area contributed by atoms with E-state index < -0.39 is 17.5 Å². The molecule has 3 rings (SSSR count). The zero-order valence-corrected chi connectivity index (χ0v) is 10.7. The number of halogens is 3. The van der Waals surface area contributed by atoms with Crippen molar-refractivity contribution in [2.45, 2.75) is 0 Å². The van der Waals surface area contributed by atoms with E-state index in [9.17, 15) is 13.2 Å². The SMILES string of the molecule is Nc1cc(-c2cccc(F)c2)nn1-c1ccc(F)cc1F.